The van der Waals surface area contributed by atoms with Crippen LogP contribution in [0.2, 0.25) is 0 Å². The molecule has 0 atom stereocenters. The lowest BCUT2D eigenvalue weighted by atomic mass is 10.7. The van der Waals surface area contributed by atoms with Crippen molar-refractivity contribution >= 4 is 7.82 Å². The fourth-order valence-electron chi connectivity index (χ4n) is 0.144. The van der Waals surface area contributed by atoms with E-state index < -0.39 is 7.82 Å². The normalized spacial score (nSPS) is 10.1. The summed E-state index contributed by atoms with van der Waals surface area (Å²) in [4.78, 5) is 21.6. The van der Waals surface area contributed by atoms with Crippen LogP contribution in [0.25, 0.3) is 0 Å². The summed E-state index contributed by atoms with van der Waals surface area (Å²) >= 11 is 0. The minimum atomic E-state index is -4.64. The predicted molar refractivity (Wildman–Crippen MR) is 37.2 cm³/mol. The molecule has 0 rings (SSSR count). The van der Waals surface area contributed by atoms with Gasteiger partial charge in [-0.05, 0) is 7.05 Å². The highest BCUT2D eigenvalue weighted by atomic mass is 31.2. The highest BCUT2D eigenvalue weighted by molar-refractivity contribution is 7.45. The van der Waals surface area contributed by atoms with E-state index in [9.17, 15) is 0 Å². The van der Waals surface area contributed by atoms with Crippen molar-refractivity contribution in [1.29, 1.82) is 0 Å². The van der Waals surface area contributed by atoms with Crippen molar-refractivity contribution in [2.24, 2.45) is 5.73 Å². The zero-order valence-electron chi connectivity index (χ0n) is 5.69. The van der Waals surface area contributed by atoms with Crippen LogP contribution in [0.3, 0.4) is 0 Å². The molecule has 0 aromatic heterocycles. The van der Waals surface area contributed by atoms with E-state index in [2.05, 4.69) is 5.32 Å². The Morgan fingerprint density at radius 2 is 1.80 bits per heavy atom. The van der Waals surface area contributed by atoms with Crippen LogP contribution in [0, 0.1) is 0 Å². The molecule has 0 heterocycles. The zero-order valence-corrected chi connectivity index (χ0v) is 6.58. The first-order valence-corrected chi connectivity index (χ1v) is 4.11. The van der Waals surface area contributed by atoms with Crippen molar-refractivity contribution in [3.8, 4) is 0 Å². The van der Waals surface area contributed by atoms with Gasteiger partial charge in [-0.25, -0.2) is 4.57 Å². The summed E-state index contributed by atoms with van der Waals surface area (Å²) in [5.41, 5.74) is 5.08. The van der Waals surface area contributed by atoms with Gasteiger partial charge >= 0.3 is 7.82 Å². The molecule has 0 aromatic rings. The van der Waals surface area contributed by atoms with Gasteiger partial charge in [0.2, 0.25) is 0 Å². The van der Waals surface area contributed by atoms with E-state index >= 15 is 0 Å². The standard InChI is InChI=1S/C3H10N2.H3O4P/c1-5-3-2-4;1-5(2,3)4/h5H,2-4H2,1H3;(H3,1,2,3,4). The SMILES string of the molecule is CNCCN.O=P(O)(O)O. The number of nitrogens with two attached hydrogens (primary N) is 1. The Hall–Kier alpha value is 0.0300. The molecular weight excluding hydrogens is 159 g/mol. The minimum Gasteiger partial charge on any atom is -0.329 e. The van der Waals surface area contributed by atoms with Gasteiger partial charge in [0.25, 0.3) is 0 Å². The van der Waals surface area contributed by atoms with Crippen molar-refractivity contribution in [3.63, 3.8) is 0 Å². The Morgan fingerprint density at radius 3 is 1.80 bits per heavy atom. The first kappa shape index (κ1) is 12.7. The Labute approximate surface area is 59.3 Å². The van der Waals surface area contributed by atoms with E-state index in [0.717, 1.165) is 13.1 Å². The molecule has 7 heteroatoms. The number of nitrogens with one attached hydrogen (secondary N) is 1. The van der Waals surface area contributed by atoms with Gasteiger partial charge < -0.3 is 25.7 Å². The molecule has 6 N–H and O–H groups in total. The van der Waals surface area contributed by atoms with E-state index in [-0.39, 0.29) is 0 Å². The molecule has 0 aromatic carbocycles. The van der Waals surface area contributed by atoms with Gasteiger partial charge in [0.1, 0.15) is 0 Å². The van der Waals surface area contributed by atoms with Crippen LogP contribution >= 0.6 is 7.82 Å². The fourth-order valence-corrected chi connectivity index (χ4v) is 0.144. The molecule has 0 aliphatic rings. The van der Waals surface area contributed by atoms with Crippen molar-refractivity contribution in [3.05, 3.63) is 0 Å². The van der Waals surface area contributed by atoms with E-state index in [4.69, 9.17) is 25.0 Å². The molecular formula is C3H13N2O4P. The van der Waals surface area contributed by atoms with E-state index in [1.165, 1.54) is 0 Å². The maximum absolute atomic E-state index is 8.88. The summed E-state index contributed by atoms with van der Waals surface area (Å²) < 4.78 is 8.88. The monoisotopic (exact) mass is 172 g/mol. The topological polar surface area (TPSA) is 116 Å². The molecule has 0 aliphatic carbocycles. The summed E-state index contributed by atoms with van der Waals surface area (Å²) in [6.07, 6.45) is 0. The quantitative estimate of drug-likeness (QED) is 0.315. The Kier molecular flexibility index (Phi) is 9.06. The third-order valence-corrected chi connectivity index (χ3v) is 0.394. The predicted octanol–water partition coefficient (Wildman–Crippen LogP) is -1.76. The number of hydrogen-bond acceptors (Lipinski definition) is 3. The third-order valence-electron chi connectivity index (χ3n) is 0.394. The highest BCUT2D eigenvalue weighted by Crippen LogP contribution is 2.25. The summed E-state index contributed by atoms with van der Waals surface area (Å²) in [6, 6.07) is 0. The summed E-state index contributed by atoms with van der Waals surface area (Å²) in [6.45, 7) is 1.65. The van der Waals surface area contributed by atoms with Gasteiger partial charge in [0.05, 0.1) is 0 Å². The van der Waals surface area contributed by atoms with Crippen molar-refractivity contribution in [2.45, 2.75) is 0 Å². The minimum absolute atomic E-state index is 0.733. The summed E-state index contributed by atoms with van der Waals surface area (Å²) in [7, 11) is -2.76. The number of phosphoric acid groups is 1. The first-order chi connectivity index (χ1) is 4.41. The molecule has 0 aliphatic heterocycles. The maximum Gasteiger partial charge on any atom is 0.466 e. The third kappa shape index (κ3) is 96.3. The van der Waals surface area contributed by atoms with Gasteiger partial charge in [-0.1, -0.05) is 0 Å². The summed E-state index contributed by atoms with van der Waals surface area (Å²) in [5.74, 6) is 0. The largest absolute Gasteiger partial charge is 0.466 e. The lowest BCUT2D eigenvalue weighted by molar-refractivity contribution is 0.275. The van der Waals surface area contributed by atoms with E-state index in [0.29, 0.717) is 0 Å². The summed E-state index contributed by atoms with van der Waals surface area (Å²) in [5, 5.41) is 2.89. The van der Waals surface area contributed by atoms with Crippen molar-refractivity contribution in [2.75, 3.05) is 20.1 Å². The average Bonchev–Trinajstić information content (AvgIpc) is 1.63. The van der Waals surface area contributed by atoms with Crippen molar-refractivity contribution < 1.29 is 19.2 Å². The first-order valence-electron chi connectivity index (χ1n) is 2.54. The molecule has 0 amide bonds. The maximum atomic E-state index is 8.88. The van der Waals surface area contributed by atoms with Crippen LogP contribution in [-0.2, 0) is 4.57 Å². The molecule has 0 bridgehead atoms. The van der Waals surface area contributed by atoms with Crippen LogP contribution in [-0.4, -0.2) is 34.8 Å². The van der Waals surface area contributed by atoms with Gasteiger partial charge in [0, 0.05) is 13.1 Å². The average molecular weight is 172 g/mol. The number of hydrogen-bond donors (Lipinski definition) is 5. The van der Waals surface area contributed by atoms with Crippen LogP contribution in [0.5, 0.6) is 0 Å². The van der Waals surface area contributed by atoms with Gasteiger partial charge in [0.15, 0.2) is 0 Å². The zero-order chi connectivity index (χ0) is 8.62. The molecule has 10 heavy (non-hydrogen) atoms. The molecule has 6 nitrogen and oxygen atoms in total. The van der Waals surface area contributed by atoms with Crippen LogP contribution in [0.1, 0.15) is 0 Å². The lowest BCUT2D eigenvalue weighted by Crippen LogP contribution is -2.17. The second kappa shape index (κ2) is 7.14. The van der Waals surface area contributed by atoms with Gasteiger partial charge in [-0.15, -0.1) is 0 Å². The van der Waals surface area contributed by atoms with E-state index in [1.54, 1.807) is 0 Å². The molecule has 0 unspecified atom stereocenters. The van der Waals surface area contributed by atoms with Crippen LogP contribution in [0.15, 0.2) is 0 Å². The second-order valence-electron chi connectivity index (χ2n) is 1.41. The van der Waals surface area contributed by atoms with Crippen LogP contribution < -0.4 is 11.1 Å². The smallest absolute Gasteiger partial charge is 0.329 e. The highest BCUT2D eigenvalue weighted by Gasteiger charge is 2.00. The Morgan fingerprint density at radius 1 is 1.50 bits per heavy atom. The molecule has 64 valence electrons. The van der Waals surface area contributed by atoms with Crippen LogP contribution in [0.4, 0.5) is 0 Å². The molecule has 0 spiro atoms. The Bertz CT molecular complexity index is 92.4. The number of rotatable bonds is 2. The van der Waals surface area contributed by atoms with Crippen molar-refractivity contribution in [1.82, 2.24) is 5.32 Å². The van der Waals surface area contributed by atoms with Gasteiger partial charge in [-0.3, -0.25) is 0 Å². The molecule has 0 saturated carbocycles. The fraction of sp³-hybridized carbons (Fsp3) is 1.00. The second-order valence-corrected chi connectivity index (χ2v) is 2.43. The molecule has 0 fully saturated rings. The molecule has 0 radical (unpaired) electrons. The molecule has 0 saturated heterocycles. The lowest BCUT2D eigenvalue weighted by Gasteiger charge is -1.85. The van der Waals surface area contributed by atoms with E-state index in [1.807, 2.05) is 7.05 Å². The number of likely N-dealkylation sites (N-methyl/N-ethyl adjacent to an activating group) is 1. The van der Waals surface area contributed by atoms with Gasteiger partial charge in [-0.2, -0.15) is 0 Å². The Balaban J connectivity index is 0.